The van der Waals surface area contributed by atoms with E-state index >= 15 is 0 Å². The Kier molecular flexibility index (Phi) is 6.75. The van der Waals surface area contributed by atoms with Crippen LogP contribution in [-0.2, 0) is 9.53 Å². The van der Waals surface area contributed by atoms with Crippen molar-refractivity contribution in [1.82, 2.24) is 0 Å². The van der Waals surface area contributed by atoms with E-state index in [9.17, 15) is 18.4 Å². The predicted octanol–water partition coefficient (Wildman–Crippen LogP) is 5.14. The van der Waals surface area contributed by atoms with E-state index in [0.29, 0.717) is 5.69 Å². The highest BCUT2D eigenvalue weighted by atomic mass is 19.3. The van der Waals surface area contributed by atoms with E-state index in [1.54, 1.807) is 12.1 Å². The number of halogens is 2. The summed E-state index contributed by atoms with van der Waals surface area (Å²) < 4.78 is 34.1. The number of amides is 1. The van der Waals surface area contributed by atoms with E-state index in [0.717, 1.165) is 17.2 Å². The molecular weight excluding hydrogens is 392 g/mol. The zero-order valence-electron chi connectivity index (χ0n) is 16.0. The SMILES string of the molecule is CC(OC(=O)c1cccc(OC(F)F)c1)C(=O)Nc1ccccc1-c1ccccc1. The number of alkyl halides is 2. The van der Waals surface area contributed by atoms with Crippen LogP contribution in [0.4, 0.5) is 14.5 Å². The fraction of sp³-hybridized carbons (Fsp3) is 0.130. The third kappa shape index (κ3) is 5.41. The van der Waals surface area contributed by atoms with Crippen LogP contribution in [0, 0.1) is 0 Å². The Labute approximate surface area is 172 Å². The summed E-state index contributed by atoms with van der Waals surface area (Å²) in [6, 6.07) is 22.0. The molecule has 0 fully saturated rings. The van der Waals surface area contributed by atoms with Crippen LogP contribution in [0.5, 0.6) is 5.75 Å². The Bertz CT molecular complexity index is 1020. The lowest BCUT2D eigenvalue weighted by molar-refractivity contribution is -0.123. The lowest BCUT2D eigenvalue weighted by atomic mass is 10.0. The van der Waals surface area contributed by atoms with Crippen LogP contribution in [0.1, 0.15) is 17.3 Å². The van der Waals surface area contributed by atoms with Crippen LogP contribution < -0.4 is 10.1 Å². The summed E-state index contributed by atoms with van der Waals surface area (Å²) in [5, 5.41) is 2.76. The first kappa shape index (κ1) is 21.0. The molecule has 0 heterocycles. The molecule has 0 aliphatic heterocycles. The van der Waals surface area contributed by atoms with Gasteiger partial charge in [-0.25, -0.2) is 4.79 Å². The van der Waals surface area contributed by atoms with E-state index in [1.165, 1.54) is 25.1 Å². The second kappa shape index (κ2) is 9.65. The molecule has 3 aromatic carbocycles. The number of hydrogen-bond donors (Lipinski definition) is 1. The fourth-order valence-corrected chi connectivity index (χ4v) is 2.78. The smallest absolute Gasteiger partial charge is 0.387 e. The molecule has 0 aromatic heterocycles. The molecule has 1 N–H and O–H groups in total. The Morgan fingerprint density at radius 1 is 0.900 bits per heavy atom. The van der Waals surface area contributed by atoms with Crippen molar-refractivity contribution in [2.24, 2.45) is 0 Å². The van der Waals surface area contributed by atoms with Gasteiger partial charge in [-0.2, -0.15) is 8.78 Å². The minimum Gasteiger partial charge on any atom is -0.449 e. The number of hydrogen-bond acceptors (Lipinski definition) is 4. The summed E-state index contributed by atoms with van der Waals surface area (Å²) in [7, 11) is 0. The highest BCUT2D eigenvalue weighted by Crippen LogP contribution is 2.27. The van der Waals surface area contributed by atoms with E-state index in [4.69, 9.17) is 4.74 Å². The largest absolute Gasteiger partial charge is 0.449 e. The molecule has 1 amide bonds. The van der Waals surface area contributed by atoms with Crippen LogP contribution in [0.3, 0.4) is 0 Å². The van der Waals surface area contributed by atoms with Gasteiger partial charge in [-0.15, -0.1) is 0 Å². The quantitative estimate of drug-likeness (QED) is 0.547. The molecule has 1 atom stereocenters. The fourth-order valence-electron chi connectivity index (χ4n) is 2.78. The Morgan fingerprint density at radius 2 is 1.60 bits per heavy atom. The summed E-state index contributed by atoms with van der Waals surface area (Å²) in [6.07, 6.45) is -1.11. The topological polar surface area (TPSA) is 64.6 Å². The monoisotopic (exact) mass is 411 g/mol. The molecule has 0 aliphatic rings. The first-order chi connectivity index (χ1) is 14.4. The standard InChI is InChI=1S/C23H19F2NO4/c1-15(29-22(28)17-10-7-11-18(14-17)30-23(24)25)21(27)26-20-13-6-5-12-19(20)16-8-3-2-4-9-16/h2-15,23H,1H3,(H,26,27). The number of esters is 1. The number of para-hydroxylation sites is 1. The average Bonchev–Trinajstić information content (AvgIpc) is 2.74. The summed E-state index contributed by atoms with van der Waals surface area (Å²) in [5.74, 6) is -1.52. The maximum Gasteiger partial charge on any atom is 0.387 e. The van der Waals surface area contributed by atoms with Gasteiger partial charge in [-0.3, -0.25) is 4.79 Å². The van der Waals surface area contributed by atoms with Gasteiger partial charge >= 0.3 is 12.6 Å². The van der Waals surface area contributed by atoms with Crippen molar-refractivity contribution in [3.05, 3.63) is 84.4 Å². The van der Waals surface area contributed by atoms with Crippen LogP contribution in [0.25, 0.3) is 11.1 Å². The molecule has 0 radical (unpaired) electrons. The summed E-state index contributed by atoms with van der Waals surface area (Å²) in [5.41, 5.74) is 2.32. The molecule has 0 spiro atoms. The summed E-state index contributed by atoms with van der Waals surface area (Å²) in [6.45, 7) is -1.58. The number of nitrogens with one attached hydrogen (secondary N) is 1. The van der Waals surface area contributed by atoms with E-state index in [1.807, 2.05) is 42.5 Å². The number of ether oxygens (including phenoxy) is 2. The second-order valence-corrected chi connectivity index (χ2v) is 6.35. The van der Waals surface area contributed by atoms with Gasteiger partial charge in [-0.05, 0) is 36.8 Å². The van der Waals surface area contributed by atoms with Gasteiger partial charge in [0.15, 0.2) is 6.10 Å². The molecule has 30 heavy (non-hydrogen) atoms. The average molecular weight is 411 g/mol. The maximum absolute atomic E-state index is 12.6. The highest BCUT2D eigenvalue weighted by molar-refractivity contribution is 6.00. The van der Waals surface area contributed by atoms with Crippen molar-refractivity contribution in [1.29, 1.82) is 0 Å². The van der Waals surface area contributed by atoms with Crippen molar-refractivity contribution in [3.8, 4) is 16.9 Å². The maximum atomic E-state index is 12.6. The normalized spacial score (nSPS) is 11.6. The van der Waals surface area contributed by atoms with Crippen molar-refractivity contribution < 1.29 is 27.8 Å². The molecule has 5 nitrogen and oxygen atoms in total. The number of rotatable bonds is 7. The molecule has 1 unspecified atom stereocenters. The van der Waals surface area contributed by atoms with Gasteiger partial charge in [0.05, 0.1) is 5.56 Å². The Balaban J connectivity index is 1.68. The Hall–Kier alpha value is -3.74. The first-order valence-electron chi connectivity index (χ1n) is 9.15. The zero-order chi connectivity index (χ0) is 21.5. The lowest BCUT2D eigenvalue weighted by Gasteiger charge is -2.16. The van der Waals surface area contributed by atoms with Crippen molar-refractivity contribution in [2.75, 3.05) is 5.32 Å². The highest BCUT2D eigenvalue weighted by Gasteiger charge is 2.20. The van der Waals surface area contributed by atoms with Gasteiger partial charge in [0.1, 0.15) is 5.75 Å². The van der Waals surface area contributed by atoms with E-state index < -0.39 is 24.6 Å². The van der Waals surface area contributed by atoms with Crippen molar-refractivity contribution >= 4 is 17.6 Å². The number of carbonyl (C=O) groups is 2. The number of anilines is 1. The summed E-state index contributed by atoms with van der Waals surface area (Å²) >= 11 is 0. The van der Waals surface area contributed by atoms with Crippen molar-refractivity contribution in [3.63, 3.8) is 0 Å². The molecule has 0 saturated carbocycles. The number of benzene rings is 3. The molecule has 154 valence electrons. The lowest BCUT2D eigenvalue weighted by Crippen LogP contribution is -2.30. The molecule has 0 bridgehead atoms. The van der Waals surface area contributed by atoms with E-state index in [-0.39, 0.29) is 11.3 Å². The molecule has 3 rings (SSSR count). The molecular formula is C23H19F2NO4. The number of carbonyl (C=O) groups excluding carboxylic acids is 2. The molecule has 7 heteroatoms. The second-order valence-electron chi connectivity index (χ2n) is 6.35. The summed E-state index contributed by atoms with van der Waals surface area (Å²) in [4.78, 5) is 24.9. The first-order valence-corrected chi connectivity index (χ1v) is 9.15. The third-order valence-corrected chi connectivity index (χ3v) is 4.22. The van der Waals surface area contributed by atoms with Gasteiger partial charge < -0.3 is 14.8 Å². The van der Waals surface area contributed by atoms with Crippen molar-refractivity contribution in [2.45, 2.75) is 19.6 Å². The minimum atomic E-state index is -3.01. The minimum absolute atomic E-state index is 0.00233. The predicted molar refractivity (Wildman–Crippen MR) is 108 cm³/mol. The van der Waals surface area contributed by atoms with Crippen LogP contribution >= 0.6 is 0 Å². The Morgan fingerprint density at radius 3 is 2.33 bits per heavy atom. The van der Waals surface area contributed by atoms with Gasteiger partial charge in [-0.1, -0.05) is 54.6 Å². The van der Waals surface area contributed by atoms with Crippen LogP contribution in [-0.4, -0.2) is 24.6 Å². The zero-order valence-corrected chi connectivity index (χ0v) is 16.0. The van der Waals surface area contributed by atoms with Gasteiger partial charge in [0.25, 0.3) is 5.91 Å². The third-order valence-electron chi connectivity index (χ3n) is 4.22. The van der Waals surface area contributed by atoms with Gasteiger partial charge in [0, 0.05) is 11.3 Å². The molecule has 0 saturated heterocycles. The molecule has 3 aromatic rings. The van der Waals surface area contributed by atoms with Crippen LogP contribution in [0.2, 0.25) is 0 Å². The van der Waals surface area contributed by atoms with Gasteiger partial charge in [0.2, 0.25) is 0 Å². The van der Waals surface area contributed by atoms with E-state index in [2.05, 4.69) is 10.1 Å². The van der Waals surface area contributed by atoms with Crippen LogP contribution in [0.15, 0.2) is 78.9 Å². The molecule has 0 aliphatic carbocycles.